The van der Waals surface area contributed by atoms with Crippen LogP contribution in [0.1, 0.15) is 21.5 Å². The molecule has 0 aliphatic rings. The average Bonchev–Trinajstić information content (AvgIpc) is 2.96. The highest BCUT2D eigenvalue weighted by molar-refractivity contribution is 7.62. The summed E-state index contributed by atoms with van der Waals surface area (Å²) in [5, 5.41) is 5.05. The molecule has 3 heteroatoms. The smallest absolute Gasteiger partial charge is 0.298 e. The van der Waals surface area contributed by atoms with Crippen molar-refractivity contribution in [2.75, 3.05) is 0 Å². The molecule has 0 spiro atoms. The fourth-order valence-electron chi connectivity index (χ4n) is 5.22. The Bertz CT molecular complexity index is 1850. The quantitative estimate of drug-likeness (QED) is 0.172. The van der Waals surface area contributed by atoms with Crippen LogP contribution in [0.4, 0.5) is 0 Å². The Morgan fingerprint density at radius 3 is 1.84 bits per heavy atom. The number of aryl methyl sites for hydroxylation is 2. The Labute approximate surface area is 223 Å². The summed E-state index contributed by atoms with van der Waals surface area (Å²) in [6, 6.07) is 38.7. The van der Waals surface area contributed by atoms with E-state index in [-0.39, 0.29) is 0 Å². The van der Waals surface area contributed by atoms with Crippen LogP contribution in [0.3, 0.4) is 0 Å². The molecule has 1 unspecified atom stereocenters. The molecule has 6 rings (SSSR count). The maximum Gasteiger partial charge on any atom is 0.417 e. The number of hydrogen-bond donors (Lipinski definition) is 0. The number of fused-ring (bicyclic) bond motifs is 2. The lowest BCUT2D eigenvalue weighted by Gasteiger charge is -2.15. The van der Waals surface area contributed by atoms with Gasteiger partial charge in [-0.15, -0.1) is 0 Å². The normalized spacial score (nSPS) is 11.6. The second-order valence-electron chi connectivity index (χ2n) is 9.73. The first-order chi connectivity index (χ1) is 18.5. The molecular formula is C35H26O2P+. The first kappa shape index (κ1) is 24.0. The van der Waals surface area contributed by atoms with Crippen LogP contribution >= 0.6 is 7.80 Å². The van der Waals surface area contributed by atoms with Gasteiger partial charge in [0.15, 0.2) is 6.29 Å². The summed E-state index contributed by atoms with van der Waals surface area (Å²) in [6.45, 7) is 4.14. The zero-order chi connectivity index (χ0) is 26.2. The van der Waals surface area contributed by atoms with Crippen molar-refractivity contribution in [1.29, 1.82) is 0 Å². The van der Waals surface area contributed by atoms with Gasteiger partial charge < -0.3 is 0 Å². The summed E-state index contributed by atoms with van der Waals surface area (Å²) < 4.78 is 14.8. The van der Waals surface area contributed by atoms with Gasteiger partial charge in [0.25, 0.3) is 0 Å². The van der Waals surface area contributed by atoms with Crippen molar-refractivity contribution >= 4 is 46.2 Å². The van der Waals surface area contributed by atoms with Crippen LogP contribution in [0.25, 0.3) is 43.8 Å². The van der Waals surface area contributed by atoms with Gasteiger partial charge in [-0.3, -0.25) is 4.79 Å². The number of carbonyl (C=O) groups is 1. The van der Waals surface area contributed by atoms with E-state index < -0.39 is 7.80 Å². The third-order valence-corrected chi connectivity index (χ3v) is 8.91. The maximum atomic E-state index is 14.8. The van der Waals surface area contributed by atoms with E-state index in [1.54, 1.807) is 0 Å². The Morgan fingerprint density at radius 1 is 0.605 bits per heavy atom. The lowest BCUT2D eigenvalue weighted by molar-refractivity contribution is 0.112. The number of aldehydes is 1. The third-order valence-electron chi connectivity index (χ3n) is 7.21. The van der Waals surface area contributed by atoms with Gasteiger partial charge >= 0.3 is 7.80 Å². The second kappa shape index (κ2) is 9.82. The van der Waals surface area contributed by atoms with Gasteiger partial charge in [0, 0.05) is 10.9 Å². The zero-order valence-electron chi connectivity index (χ0n) is 21.3. The maximum absolute atomic E-state index is 14.8. The van der Waals surface area contributed by atoms with Crippen LogP contribution < -0.4 is 10.6 Å². The Hall–Kier alpha value is -4.39. The summed E-state index contributed by atoms with van der Waals surface area (Å²) >= 11 is 0. The van der Waals surface area contributed by atoms with Crippen molar-refractivity contribution in [3.8, 4) is 22.3 Å². The summed E-state index contributed by atoms with van der Waals surface area (Å²) in [7, 11) is -2.12. The van der Waals surface area contributed by atoms with Gasteiger partial charge in [0.1, 0.15) is 0 Å². The average molecular weight is 510 g/mol. The SMILES string of the molecule is Cc1ccc(-c2cc3ccccc3c([P+](=O)c3ccc4ccccc4c3C=O)c2-c2ccc(C)cc2)cc1. The highest BCUT2D eigenvalue weighted by Gasteiger charge is 2.35. The molecule has 0 radical (unpaired) electrons. The lowest BCUT2D eigenvalue weighted by Crippen LogP contribution is -2.16. The van der Waals surface area contributed by atoms with E-state index in [4.69, 9.17) is 0 Å². The number of hydrogen-bond acceptors (Lipinski definition) is 2. The zero-order valence-corrected chi connectivity index (χ0v) is 22.2. The van der Waals surface area contributed by atoms with E-state index in [2.05, 4.69) is 74.5 Å². The number of benzene rings is 6. The molecule has 0 saturated carbocycles. The molecule has 6 aromatic carbocycles. The van der Waals surface area contributed by atoms with Gasteiger partial charge in [-0.2, -0.15) is 0 Å². The minimum atomic E-state index is -2.12. The summed E-state index contributed by atoms with van der Waals surface area (Å²) in [5.41, 5.74) is 6.88. The molecule has 0 bridgehead atoms. The predicted molar refractivity (Wildman–Crippen MR) is 161 cm³/mol. The molecule has 0 heterocycles. The fraction of sp³-hybridized carbons (Fsp3) is 0.0571. The van der Waals surface area contributed by atoms with Crippen molar-refractivity contribution < 1.29 is 9.36 Å². The third kappa shape index (κ3) is 4.14. The van der Waals surface area contributed by atoms with Gasteiger partial charge in [-0.1, -0.05) is 107 Å². The molecule has 0 amide bonds. The first-order valence-electron chi connectivity index (χ1n) is 12.7. The lowest BCUT2D eigenvalue weighted by atomic mass is 9.90. The van der Waals surface area contributed by atoms with Crippen LogP contribution in [0.2, 0.25) is 0 Å². The summed E-state index contributed by atoms with van der Waals surface area (Å²) in [6.07, 6.45) is 0.850. The van der Waals surface area contributed by atoms with E-state index >= 15 is 0 Å². The number of rotatable bonds is 5. The molecule has 0 aliphatic heterocycles. The van der Waals surface area contributed by atoms with Crippen molar-refractivity contribution in [3.05, 3.63) is 132 Å². The molecule has 182 valence electrons. The van der Waals surface area contributed by atoms with Crippen LogP contribution in [0.15, 0.2) is 115 Å². The fourth-order valence-corrected chi connectivity index (χ4v) is 6.94. The van der Waals surface area contributed by atoms with Crippen LogP contribution in [0.5, 0.6) is 0 Å². The van der Waals surface area contributed by atoms with Gasteiger partial charge in [0.05, 0.1) is 5.56 Å². The second-order valence-corrected chi connectivity index (χ2v) is 11.3. The van der Waals surface area contributed by atoms with Crippen molar-refractivity contribution in [2.45, 2.75) is 13.8 Å². The molecule has 38 heavy (non-hydrogen) atoms. The molecule has 1 atom stereocenters. The Balaban J connectivity index is 1.73. The van der Waals surface area contributed by atoms with Crippen molar-refractivity contribution in [3.63, 3.8) is 0 Å². The molecule has 0 aromatic heterocycles. The van der Waals surface area contributed by atoms with Crippen molar-refractivity contribution in [1.82, 2.24) is 0 Å². The molecule has 0 aliphatic carbocycles. The van der Waals surface area contributed by atoms with E-state index in [0.29, 0.717) is 10.9 Å². The van der Waals surface area contributed by atoms with E-state index in [1.165, 1.54) is 5.56 Å². The molecular weight excluding hydrogens is 483 g/mol. The number of carbonyl (C=O) groups excluding carboxylic acids is 1. The minimum absolute atomic E-state index is 0.490. The van der Waals surface area contributed by atoms with E-state index in [9.17, 15) is 9.36 Å². The predicted octanol–water partition coefficient (Wildman–Crippen LogP) is 8.53. The molecule has 6 aromatic rings. The van der Waals surface area contributed by atoms with Crippen LogP contribution in [0, 0.1) is 13.8 Å². The van der Waals surface area contributed by atoms with Crippen LogP contribution in [-0.4, -0.2) is 6.29 Å². The Kier molecular flexibility index (Phi) is 6.19. The van der Waals surface area contributed by atoms with Gasteiger partial charge in [0.2, 0.25) is 10.6 Å². The standard InChI is InChI=1S/C35H26O2P/c1-23-11-15-26(16-12-23)31-21-28-8-4-6-10-30(28)35(34(31)27-17-13-24(2)14-18-27)38(37)33-20-19-25-7-3-5-9-29(25)32(33)22-36/h3-22H,1-2H3/q+1. The van der Waals surface area contributed by atoms with Crippen LogP contribution in [-0.2, 0) is 4.57 Å². The van der Waals surface area contributed by atoms with E-state index in [0.717, 1.165) is 61.0 Å². The van der Waals surface area contributed by atoms with Gasteiger partial charge in [-0.05, 0) is 71.0 Å². The van der Waals surface area contributed by atoms with Crippen molar-refractivity contribution in [2.24, 2.45) is 0 Å². The topological polar surface area (TPSA) is 34.1 Å². The summed E-state index contributed by atoms with van der Waals surface area (Å²) in [5.74, 6) is 0. The van der Waals surface area contributed by atoms with Gasteiger partial charge in [-0.25, -0.2) is 0 Å². The highest BCUT2D eigenvalue weighted by Crippen LogP contribution is 2.41. The Morgan fingerprint density at radius 2 is 1.18 bits per heavy atom. The largest absolute Gasteiger partial charge is 0.417 e. The minimum Gasteiger partial charge on any atom is -0.298 e. The van der Waals surface area contributed by atoms with E-state index in [1.807, 2.05) is 54.6 Å². The molecule has 0 saturated heterocycles. The molecule has 0 N–H and O–H groups in total. The molecule has 2 nitrogen and oxygen atoms in total. The summed E-state index contributed by atoms with van der Waals surface area (Å²) in [4.78, 5) is 12.4. The first-order valence-corrected chi connectivity index (χ1v) is 13.9. The molecule has 0 fully saturated rings. The highest BCUT2D eigenvalue weighted by atomic mass is 31.1. The monoisotopic (exact) mass is 509 g/mol.